The minimum atomic E-state index is -1.00. The van der Waals surface area contributed by atoms with Gasteiger partial charge in [-0.25, -0.2) is 9.97 Å². The van der Waals surface area contributed by atoms with Gasteiger partial charge in [0.2, 0.25) is 17.7 Å². The molecule has 1 aromatic carbocycles. The molecular weight excluding hydrogens is 500 g/mol. The van der Waals surface area contributed by atoms with Crippen molar-refractivity contribution in [3.63, 3.8) is 0 Å². The summed E-state index contributed by atoms with van der Waals surface area (Å²) in [5.41, 5.74) is 4.33. The minimum Gasteiger partial charge on any atom is -0.420 e. The molecule has 4 rings (SSSR count). The first-order valence-corrected chi connectivity index (χ1v) is 13.0. The summed E-state index contributed by atoms with van der Waals surface area (Å²) in [5.74, 6) is -0.107. The second kappa shape index (κ2) is 10.7. The van der Waals surface area contributed by atoms with Crippen LogP contribution in [0.15, 0.2) is 48.5 Å². The van der Waals surface area contributed by atoms with Crippen LogP contribution >= 0.6 is 11.8 Å². The Kier molecular flexibility index (Phi) is 7.63. The van der Waals surface area contributed by atoms with Crippen molar-refractivity contribution in [2.75, 3.05) is 13.6 Å². The molecular formula is C28H30N6O3S. The summed E-state index contributed by atoms with van der Waals surface area (Å²) in [6.45, 7) is 8.04. The molecule has 3 aromatic rings. The number of benzene rings is 1. The first-order valence-electron chi connectivity index (χ1n) is 12.1. The summed E-state index contributed by atoms with van der Waals surface area (Å²) in [5, 5.41) is 17.6. The predicted octanol–water partition coefficient (Wildman–Crippen LogP) is 5.20. The molecule has 0 spiro atoms. The van der Waals surface area contributed by atoms with Gasteiger partial charge in [-0.3, -0.25) is 15.0 Å². The SMILES string of the molecule is CCN(C)C(=O)c1ccc(-c2ccc3c(n2)Oc2nc(C)ccc2C3C(C)(C)C(=O)NC(=N)SC=N)cc1. The number of carbonyl (C=O) groups excluding carboxylic acids is 2. The van der Waals surface area contributed by atoms with Crippen LogP contribution in [0.2, 0.25) is 0 Å². The molecule has 1 unspecified atom stereocenters. The van der Waals surface area contributed by atoms with Gasteiger partial charge >= 0.3 is 0 Å². The number of rotatable bonds is 6. The van der Waals surface area contributed by atoms with Crippen molar-refractivity contribution in [1.29, 1.82) is 10.8 Å². The van der Waals surface area contributed by atoms with Gasteiger partial charge in [-0.2, -0.15) is 0 Å². The molecule has 0 saturated carbocycles. The van der Waals surface area contributed by atoms with Gasteiger partial charge in [0.25, 0.3) is 5.91 Å². The zero-order valence-electron chi connectivity index (χ0n) is 22.0. The highest BCUT2D eigenvalue weighted by molar-refractivity contribution is 8.24. The fraction of sp³-hybridized carbons (Fsp3) is 0.286. The van der Waals surface area contributed by atoms with E-state index in [1.54, 1.807) is 24.1 Å². The molecule has 196 valence electrons. The third kappa shape index (κ3) is 5.17. The van der Waals surface area contributed by atoms with Gasteiger partial charge < -0.3 is 20.4 Å². The number of ether oxygens (including phenoxy) is 1. The molecule has 0 saturated heterocycles. The van der Waals surface area contributed by atoms with E-state index in [9.17, 15) is 9.59 Å². The van der Waals surface area contributed by atoms with E-state index in [4.69, 9.17) is 20.5 Å². The molecule has 0 fully saturated rings. The molecule has 3 heterocycles. The largest absolute Gasteiger partial charge is 0.420 e. The average Bonchev–Trinajstić information content (AvgIpc) is 2.90. The summed E-state index contributed by atoms with van der Waals surface area (Å²) in [6, 6.07) is 14.8. The fourth-order valence-corrected chi connectivity index (χ4v) is 4.70. The number of nitrogens with one attached hydrogen (secondary N) is 3. The van der Waals surface area contributed by atoms with Gasteiger partial charge in [0.05, 0.1) is 16.7 Å². The minimum absolute atomic E-state index is 0.0470. The van der Waals surface area contributed by atoms with E-state index in [2.05, 4.69) is 10.3 Å². The summed E-state index contributed by atoms with van der Waals surface area (Å²) < 4.78 is 6.16. The number of amides is 2. The number of fused-ring (bicyclic) bond motifs is 2. The molecule has 1 atom stereocenters. The monoisotopic (exact) mass is 530 g/mol. The van der Waals surface area contributed by atoms with Gasteiger partial charge in [0.15, 0.2) is 5.17 Å². The van der Waals surface area contributed by atoms with E-state index < -0.39 is 11.3 Å². The second-order valence-corrected chi connectivity index (χ2v) is 10.5. The standard InChI is InChI=1S/C28H30N6O3S/c1-6-34(5)25(35)18-10-8-17(9-11-18)21-14-13-20-22(28(3,4)26(36)33-27(30)38-15-29)19-12-7-16(2)31-23(19)37-24(20)32-21/h7-15,22,29H,6H2,1-5H3,(H2,30,33,36). The molecule has 3 N–H and O–H groups in total. The molecule has 0 aliphatic carbocycles. The zero-order valence-corrected chi connectivity index (χ0v) is 22.8. The third-order valence-electron chi connectivity index (χ3n) is 6.69. The van der Waals surface area contributed by atoms with Gasteiger partial charge in [-0.05, 0) is 49.9 Å². The second-order valence-electron chi connectivity index (χ2n) is 9.61. The maximum Gasteiger partial charge on any atom is 0.253 e. The lowest BCUT2D eigenvalue weighted by Gasteiger charge is -2.37. The van der Waals surface area contributed by atoms with Crippen LogP contribution < -0.4 is 10.1 Å². The summed E-state index contributed by atoms with van der Waals surface area (Å²) in [4.78, 5) is 36.8. The summed E-state index contributed by atoms with van der Waals surface area (Å²) in [6.07, 6.45) is 0. The first-order chi connectivity index (χ1) is 18.1. The van der Waals surface area contributed by atoms with Crippen molar-refractivity contribution in [3.05, 3.63) is 70.9 Å². The van der Waals surface area contributed by atoms with Crippen molar-refractivity contribution in [1.82, 2.24) is 20.2 Å². The third-order valence-corrected chi connectivity index (χ3v) is 7.15. The first kappa shape index (κ1) is 27.0. The number of hydrogen-bond donors (Lipinski definition) is 3. The summed E-state index contributed by atoms with van der Waals surface area (Å²) in [7, 11) is 1.76. The van der Waals surface area contributed by atoms with E-state index in [-0.39, 0.29) is 17.0 Å². The molecule has 9 nitrogen and oxygen atoms in total. The Labute approximate surface area is 226 Å². The van der Waals surface area contributed by atoms with Crippen LogP contribution in [-0.4, -0.2) is 51.0 Å². The number of pyridine rings is 2. The number of amidine groups is 1. The number of nitrogens with zero attached hydrogens (tertiary/aromatic N) is 3. The van der Waals surface area contributed by atoms with Gasteiger partial charge in [-0.1, -0.05) is 38.1 Å². The lowest BCUT2D eigenvalue weighted by atomic mass is 9.70. The average molecular weight is 531 g/mol. The Bertz CT molecular complexity index is 1420. The van der Waals surface area contributed by atoms with Crippen molar-refractivity contribution in [2.45, 2.75) is 33.6 Å². The van der Waals surface area contributed by atoms with Crippen molar-refractivity contribution in [3.8, 4) is 23.0 Å². The van der Waals surface area contributed by atoms with E-state index in [1.807, 2.05) is 64.1 Å². The Morgan fingerprint density at radius 3 is 2.34 bits per heavy atom. The molecule has 1 aliphatic heterocycles. The quantitative estimate of drug-likeness (QED) is 0.296. The van der Waals surface area contributed by atoms with Crippen LogP contribution in [0.5, 0.6) is 11.8 Å². The smallest absolute Gasteiger partial charge is 0.253 e. The van der Waals surface area contributed by atoms with Gasteiger partial charge in [0, 0.05) is 47.5 Å². The van der Waals surface area contributed by atoms with Crippen molar-refractivity contribution in [2.24, 2.45) is 5.41 Å². The summed E-state index contributed by atoms with van der Waals surface area (Å²) >= 11 is 0.820. The number of aromatic nitrogens is 2. The van der Waals surface area contributed by atoms with E-state index in [1.165, 1.54) is 0 Å². The van der Waals surface area contributed by atoms with E-state index >= 15 is 0 Å². The topological polar surface area (TPSA) is 132 Å². The van der Waals surface area contributed by atoms with Crippen LogP contribution in [0.4, 0.5) is 0 Å². The van der Waals surface area contributed by atoms with Crippen LogP contribution in [0.3, 0.4) is 0 Å². The predicted molar refractivity (Wildman–Crippen MR) is 149 cm³/mol. The van der Waals surface area contributed by atoms with Crippen molar-refractivity contribution < 1.29 is 14.3 Å². The van der Waals surface area contributed by atoms with Gasteiger partial charge in [0.1, 0.15) is 0 Å². The molecule has 2 aromatic heterocycles. The highest BCUT2D eigenvalue weighted by Gasteiger charge is 2.45. The maximum atomic E-state index is 13.3. The van der Waals surface area contributed by atoms with Crippen LogP contribution in [-0.2, 0) is 4.79 Å². The van der Waals surface area contributed by atoms with Crippen LogP contribution in [0, 0.1) is 23.2 Å². The number of hydrogen-bond acceptors (Lipinski definition) is 8. The lowest BCUT2D eigenvalue weighted by Crippen LogP contribution is -2.43. The molecule has 0 radical (unpaired) electrons. The Hall–Kier alpha value is -4.05. The Morgan fingerprint density at radius 2 is 1.71 bits per heavy atom. The molecule has 2 amide bonds. The molecule has 38 heavy (non-hydrogen) atoms. The Balaban J connectivity index is 1.74. The van der Waals surface area contributed by atoms with Gasteiger partial charge in [-0.15, -0.1) is 0 Å². The zero-order chi connectivity index (χ0) is 27.6. The fourth-order valence-electron chi connectivity index (χ4n) is 4.43. The number of carbonyl (C=O) groups is 2. The lowest BCUT2D eigenvalue weighted by molar-refractivity contribution is -0.128. The number of thioether (sulfide) groups is 1. The highest BCUT2D eigenvalue weighted by atomic mass is 32.2. The van der Waals surface area contributed by atoms with E-state index in [0.29, 0.717) is 29.6 Å². The maximum absolute atomic E-state index is 13.3. The van der Waals surface area contributed by atoms with Crippen molar-refractivity contribution >= 4 is 34.3 Å². The number of aryl methyl sites for hydroxylation is 1. The normalized spacial score (nSPS) is 14.0. The highest BCUT2D eigenvalue weighted by Crippen LogP contribution is 2.51. The molecule has 0 bridgehead atoms. The molecule has 10 heteroatoms. The Morgan fingerprint density at radius 1 is 1.08 bits per heavy atom. The van der Waals surface area contributed by atoms with Crippen LogP contribution in [0.1, 0.15) is 53.9 Å². The molecule has 1 aliphatic rings. The van der Waals surface area contributed by atoms with Crippen LogP contribution in [0.25, 0.3) is 11.3 Å². The van der Waals surface area contributed by atoms with E-state index in [0.717, 1.165) is 39.7 Å².